The molecule has 0 saturated carbocycles. The fourth-order valence-corrected chi connectivity index (χ4v) is 2.85. The van der Waals surface area contributed by atoms with Crippen LogP contribution in [0, 0.1) is 0 Å². The quantitative estimate of drug-likeness (QED) is 0.825. The first-order valence-corrected chi connectivity index (χ1v) is 8.00. The van der Waals surface area contributed by atoms with Gasteiger partial charge in [-0.15, -0.1) is 0 Å². The molecule has 0 aromatic heterocycles. The Bertz CT molecular complexity index is 850. The van der Waals surface area contributed by atoms with Gasteiger partial charge in [0.1, 0.15) is 5.75 Å². The lowest BCUT2D eigenvalue weighted by Gasteiger charge is -2.30. The number of aliphatic carboxylic acids is 1. The van der Waals surface area contributed by atoms with Crippen LogP contribution in [-0.4, -0.2) is 30.9 Å². The number of carbonyl (C=O) groups is 2. The Morgan fingerprint density at radius 1 is 1.19 bits per heavy atom. The molecule has 0 radical (unpaired) electrons. The van der Waals surface area contributed by atoms with Crippen LogP contribution in [0.3, 0.4) is 0 Å². The number of carboxylic acid groups (broad SMARTS) is 1. The molecule has 1 unspecified atom stereocenters. The van der Waals surface area contributed by atoms with E-state index >= 15 is 0 Å². The van der Waals surface area contributed by atoms with Crippen LogP contribution in [0.2, 0.25) is 0 Å². The molecule has 2 aromatic carbocycles. The SMILES string of the molecule is COc1cccc(C(C)(CC(=O)O)NC(=O)c2ccc3c(c2)OCO3)c1. The number of rotatable bonds is 6. The standard InChI is InChI=1S/C19H19NO6/c1-19(10-17(21)22,13-4-3-5-14(9-13)24-2)20-18(23)12-6-7-15-16(8-12)26-11-25-15/h3-9H,10-11H2,1-2H3,(H,20,23)(H,21,22). The molecule has 1 heterocycles. The third-order valence-electron chi connectivity index (χ3n) is 4.24. The van der Waals surface area contributed by atoms with Gasteiger partial charge in [-0.25, -0.2) is 0 Å². The number of carbonyl (C=O) groups excluding carboxylic acids is 1. The van der Waals surface area contributed by atoms with Crippen molar-refractivity contribution in [2.75, 3.05) is 13.9 Å². The lowest BCUT2D eigenvalue weighted by molar-refractivity contribution is -0.138. The van der Waals surface area contributed by atoms with E-state index in [2.05, 4.69) is 5.32 Å². The largest absolute Gasteiger partial charge is 0.497 e. The first kappa shape index (κ1) is 17.6. The number of fused-ring (bicyclic) bond motifs is 1. The number of amides is 1. The van der Waals surface area contributed by atoms with Gasteiger partial charge in [0, 0.05) is 5.56 Å². The molecular formula is C19H19NO6. The second kappa shape index (κ2) is 6.95. The maximum Gasteiger partial charge on any atom is 0.306 e. The van der Waals surface area contributed by atoms with Crippen molar-refractivity contribution in [3.63, 3.8) is 0 Å². The molecule has 1 aliphatic rings. The van der Waals surface area contributed by atoms with Gasteiger partial charge < -0.3 is 24.6 Å². The van der Waals surface area contributed by atoms with Crippen molar-refractivity contribution in [2.24, 2.45) is 0 Å². The Labute approximate surface area is 150 Å². The van der Waals surface area contributed by atoms with E-state index in [1.807, 2.05) is 0 Å². The summed E-state index contributed by atoms with van der Waals surface area (Å²) in [5, 5.41) is 12.2. The molecule has 7 heteroatoms. The molecule has 2 N–H and O–H groups in total. The summed E-state index contributed by atoms with van der Waals surface area (Å²) < 4.78 is 15.7. The lowest BCUT2D eigenvalue weighted by atomic mass is 9.88. The van der Waals surface area contributed by atoms with E-state index in [0.29, 0.717) is 28.4 Å². The molecule has 0 aliphatic carbocycles. The van der Waals surface area contributed by atoms with Gasteiger partial charge in [-0.05, 0) is 42.8 Å². The highest BCUT2D eigenvalue weighted by atomic mass is 16.7. The Kier molecular flexibility index (Phi) is 4.71. The Morgan fingerprint density at radius 3 is 2.69 bits per heavy atom. The summed E-state index contributed by atoms with van der Waals surface area (Å²) in [6.45, 7) is 1.78. The normalized spacial score (nSPS) is 14.4. The van der Waals surface area contributed by atoms with Crippen molar-refractivity contribution in [3.8, 4) is 17.2 Å². The van der Waals surface area contributed by atoms with Gasteiger partial charge in [0.05, 0.1) is 19.1 Å². The van der Waals surface area contributed by atoms with Crippen LogP contribution in [0.15, 0.2) is 42.5 Å². The van der Waals surface area contributed by atoms with Crippen LogP contribution in [0.1, 0.15) is 29.3 Å². The first-order chi connectivity index (χ1) is 12.4. The van der Waals surface area contributed by atoms with E-state index < -0.39 is 17.4 Å². The molecule has 26 heavy (non-hydrogen) atoms. The summed E-state index contributed by atoms with van der Waals surface area (Å²) >= 11 is 0. The lowest BCUT2D eigenvalue weighted by Crippen LogP contribution is -2.45. The summed E-state index contributed by atoms with van der Waals surface area (Å²) in [5.41, 5.74) is -0.129. The van der Waals surface area contributed by atoms with Gasteiger partial charge in [0.15, 0.2) is 11.5 Å². The molecule has 0 fully saturated rings. The maximum absolute atomic E-state index is 12.7. The summed E-state index contributed by atoms with van der Waals surface area (Å²) in [4.78, 5) is 24.1. The van der Waals surface area contributed by atoms with Crippen LogP contribution in [0.25, 0.3) is 0 Å². The third kappa shape index (κ3) is 3.56. The molecule has 0 bridgehead atoms. The second-order valence-electron chi connectivity index (χ2n) is 6.16. The van der Waals surface area contributed by atoms with Crippen molar-refractivity contribution >= 4 is 11.9 Å². The van der Waals surface area contributed by atoms with E-state index in [1.54, 1.807) is 49.4 Å². The van der Waals surface area contributed by atoms with Crippen molar-refractivity contribution in [3.05, 3.63) is 53.6 Å². The molecule has 1 amide bonds. The van der Waals surface area contributed by atoms with Crippen molar-refractivity contribution in [2.45, 2.75) is 18.9 Å². The highest BCUT2D eigenvalue weighted by Gasteiger charge is 2.32. The van der Waals surface area contributed by atoms with Gasteiger partial charge in [0.2, 0.25) is 6.79 Å². The number of ether oxygens (including phenoxy) is 3. The van der Waals surface area contributed by atoms with Crippen LogP contribution in [-0.2, 0) is 10.3 Å². The second-order valence-corrected chi connectivity index (χ2v) is 6.16. The van der Waals surface area contributed by atoms with E-state index in [9.17, 15) is 14.7 Å². The fraction of sp³-hybridized carbons (Fsp3) is 0.263. The summed E-state index contributed by atoms with van der Waals surface area (Å²) in [5.74, 6) is 0.203. The van der Waals surface area contributed by atoms with E-state index in [0.717, 1.165) is 0 Å². The zero-order valence-corrected chi connectivity index (χ0v) is 14.4. The Hall–Kier alpha value is -3.22. The van der Waals surface area contributed by atoms with Crippen LogP contribution < -0.4 is 19.5 Å². The van der Waals surface area contributed by atoms with Crippen molar-refractivity contribution in [1.29, 1.82) is 0 Å². The van der Waals surface area contributed by atoms with E-state index in [4.69, 9.17) is 14.2 Å². The summed E-state index contributed by atoms with van der Waals surface area (Å²) in [6.07, 6.45) is -0.281. The van der Waals surface area contributed by atoms with E-state index in [-0.39, 0.29) is 13.2 Å². The molecule has 1 aliphatic heterocycles. The topological polar surface area (TPSA) is 94.1 Å². The molecule has 1 atom stereocenters. The minimum Gasteiger partial charge on any atom is -0.497 e. The average Bonchev–Trinajstić information content (AvgIpc) is 3.08. The number of hydrogen-bond donors (Lipinski definition) is 2. The molecule has 136 valence electrons. The molecular weight excluding hydrogens is 338 g/mol. The number of hydrogen-bond acceptors (Lipinski definition) is 5. The Morgan fingerprint density at radius 2 is 1.96 bits per heavy atom. The van der Waals surface area contributed by atoms with Crippen molar-refractivity contribution < 1.29 is 28.9 Å². The molecule has 7 nitrogen and oxygen atoms in total. The van der Waals surface area contributed by atoms with Gasteiger partial charge in [-0.1, -0.05) is 12.1 Å². The average molecular weight is 357 g/mol. The predicted molar refractivity (Wildman–Crippen MR) is 92.6 cm³/mol. The number of carboxylic acids is 1. The van der Waals surface area contributed by atoms with Crippen LogP contribution in [0.4, 0.5) is 0 Å². The highest BCUT2D eigenvalue weighted by molar-refractivity contribution is 5.95. The number of methoxy groups -OCH3 is 1. The predicted octanol–water partition coefficient (Wildman–Crippen LogP) is 2.54. The Balaban J connectivity index is 1.90. The van der Waals surface area contributed by atoms with Gasteiger partial charge in [-0.3, -0.25) is 9.59 Å². The molecule has 0 spiro atoms. The van der Waals surface area contributed by atoms with E-state index in [1.165, 1.54) is 7.11 Å². The minimum absolute atomic E-state index is 0.112. The molecule has 3 rings (SSSR count). The van der Waals surface area contributed by atoms with Crippen LogP contribution >= 0.6 is 0 Å². The third-order valence-corrected chi connectivity index (χ3v) is 4.24. The van der Waals surface area contributed by atoms with Crippen LogP contribution in [0.5, 0.6) is 17.2 Å². The fourth-order valence-electron chi connectivity index (χ4n) is 2.85. The van der Waals surface area contributed by atoms with Gasteiger partial charge in [0.25, 0.3) is 5.91 Å². The monoisotopic (exact) mass is 357 g/mol. The maximum atomic E-state index is 12.7. The number of benzene rings is 2. The van der Waals surface area contributed by atoms with Crippen molar-refractivity contribution in [1.82, 2.24) is 5.32 Å². The van der Waals surface area contributed by atoms with Gasteiger partial charge in [-0.2, -0.15) is 0 Å². The first-order valence-electron chi connectivity index (χ1n) is 8.00. The summed E-state index contributed by atoms with van der Waals surface area (Å²) in [6, 6.07) is 11.8. The van der Waals surface area contributed by atoms with Gasteiger partial charge >= 0.3 is 5.97 Å². The highest BCUT2D eigenvalue weighted by Crippen LogP contribution is 2.33. The molecule has 2 aromatic rings. The minimum atomic E-state index is -1.12. The molecule has 0 saturated heterocycles. The number of nitrogens with one attached hydrogen (secondary N) is 1. The zero-order valence-electron chi connectivity index (χ0n) is 14.4. The summed E-state index contributed by atoms with van der Waals surface area (Å²) in [7, 11) is 1.53. The smallest absolute Gasteiger partial charge is 0.306 e. The zero-order chi connectivity index (χ0) is 18.7.